The van der Waals surface area contributed by atoms with Crippen molar-refractivity contribution in [2.24, 2.45) is 5.10 Å². The number of carbonyl (C=O) groups excluding carboxylic acids is 1. The number of aryl methyl sites for hydroxylation is 1. The second-order valence-corrected chi connectivity index (χ2v) is 8.97. The van der Waals surface area contributed by atoms with Gasteiger partial charge in [-0.25, -0.2) is 16.8 Å². The standard InChI is InChI=1S/C18H16N2O8S2.2Na/c1-10-7-14(16(28-2)9-17(10)30(25,26)27)19-20-18-13-5-4-12(29(22,23)24)8-11(13)3-6-15(18)21;;/h3-9,19H,1-2H3,(H,22,23,24)(H,25,26,27);;/q;2*+1/p-2/b20-18+;;. The van der Waals surface area contributed by atoms with Crippen molar-refractivity contribution in [1.29, 1.82) is 0 Å². The number of nitrogens with zero attached hydrogens (tertiary/aromatic N) is 1. The number of allylic oxidation sites excluding steroid dienone is 1. The molecule has 1 N–H and O–H groups in total. The minimum Gasteiger partial charge on any atom is -0.744 e. The molecule has 1 aliphatic carbocycles. The van der Waals surface area contributed by atoms with Crippen molar-refractivity contribution < 1.29 is 94.6 Å². The molecule has 0 saturated carbocycles. The summed E-state index contributed by atoms with van der Waals surface area (Å²) in [6.07, 6.45) is 2.53. The first-order valence-electron chi connectivity index (χ1n) is 8.23. The van der Waals surface area contributed by atoms with Crippen molar-refractivity contribution in [2.75, 3.05) is 12.5 Å². The number of ketones is 1. The van der Waals surface area contributed by atoms with Crippen molar-refractivity contribution in [3.63, 3.8) is 0 Å². The van der Waals surface area contributed by atoms with Gasteiger partial charge in [-0.05, 0) is 42.3 Å². The van der Waals surface area contributed by atoms with Crippen LogP contribution in [0.1, 0.15) is 16.7 Å². The van der Waals surface area contributed by atoms with E-state index in [2.05, 4.69) is 10.5 Å². The molecule has 2 aromatic rings. The van der Waals surface area contributed by atoms with Crippen molar-refractivity contribution in [2.45, 2.75) is 16.7 Å². The van der Waals surface area contributed by atoms with E-state index < -0.39 is 35.8 Å². The van der Waals surface area contributed by atoms with E-state index >= 15 is 0 Å². The molecule has 32 heavy (non-hydrogen) atoms. The Hall–Kier alpha value is -1.06. The second kappa shape index (κ2) is 10.9. The molecular weight excluding hydrogens is 482 g/mol. The molecule has 0 atom stereocenters. The Kier molecular flexibility index (Phi) is 9.88. The maximum atomic E-state index is 12.3. The van der Waals surface area contributed by atoms with Gasteiger partial charge in [0, 0.05) is 11.6 Å². The molecule has 14 heteroatoms. The van der Waals surface area contributed by atoms with Crippen LogP contribution in [0.2, 0.25) is 0 Å². The fourth-order valence-corrected chi connectivity index (χ4v) is 4.06. The molecular formula is C18H14N2Na2O8S2. The van der Waals surface area contributed by atoms with Crippen LogP contribution in [-0.4, -0.2) is 44.5 Å². The van der Waals surface area contributed by atoms with Crippen LogP contribution < -0.4 is 69.3 Å². The molecule has 3 rings (SSSR count). The van der Waals surface area contributed by atoms with Crippen molar-refractivity contribution in [3.05, 3.63) is 53.1 Å². The van der Waals surface area contributed by atoms with Gasteiger partial charge in [-0.3, -0.25) is 10.2 Å². The van der Waals surface area contributed by atoms with Gasteiger partial charge in [0.15, 0.2) is 0 Å². The summed E-state index contributed by atoms with van der Waals surface area (Å²) in [5, 5.41) is 4.04. The van der Waals surface area contributed by atoms with Crippen LogP contribution in [0.25, 0.3) is 6.08 Å². The van der Waals surface area contributed by atoms with E-state index in [-0.39, 0.29) is 87.4 Å². The van der Waals surface area contributed by atoms with Crippen LogP contribution in [0.4, 0.5) is 5.69 Å². The fraction of sp³-hybridized carbons (Fsp3) is 0.111. The van der Waals surface area contributed by atoms with Gasteiger partial charge in [-0.2, -0.15) is 5.10 Å². The van der Waals surface area contributed by atoms with Crippen LogP contribution in [0.5, 0.6) is 5.75 Å². The second-order valence-electron chi connectivity index (χ2n) is 6.25. The van der Waals surface area contributed by atoms with Crippen LogP contribution in [0.15, 0.2) is 51.3 Å². The Labute approximate surface area is 229 Å². The first kappa shape index (κ1) is 29.0. The van der Waals surface area contributed by atoms with Gasteiger partial charge in [0.05, 0.1) is 22.6 Å². The monoisotopic (exact) mass is 496 g/mol. The molecule has 0 amide bonds. The predicted molar refractivity (Wildman–Crippen MR) is 104 cm³/mol. The van der Waals surface area contributed by atoms with Crippen LogP contribution >= 0.6 is 0 Å². The van der Waals surface area contributed by atoms with Crippen LogP contribution in [0, 0.1) is 6.92 Å². The topological polar surface area (TPSA) is 165 Å². The van der Waals surface area contributed by atoms with Gasteiger partial charge < -0.3 is 13.8 Å². The zero-order chi connectivity index (χ0) is 22.3. The van der Waals surface area contributed by atoms with E-state index in [1.165, 1.54) is 38.3 Å². The Morgan fingerprint density at radius 2 is 1.62 bits per heavy atom. The number of ether oxygens (including phenoxy) is 1. The average molecular weight is 496 g/mol. The number of rotatable bonds is 5. The van der Waals surface area contributed by atoms with Gasteiger partial charge in [0.2, 0.25) is 5.78 Å². The minimum absolute atomic E-state index is 0. The molecule has 0 unspecified atom stereocenters. The number of hydrogen-bond donors (Lipinski definition) is 1. The van der Waals surface area contributed by atoms with E-state index in [0.29, 0.717) is 5.56 Å². The molecule has 1 aliphatic rings. The molecule has 2 aromatic carbocycles. The maximum absolute atomic E-state index is 12.3. The number of hydrazone groups is 1. The number of benzene rings is 2. The minimum atomic E-state index is -4.71. The number of carbonyl (C=O) groups is 1. The van der Waals surface area contributed by atoms with Crippen LogP contribution in [-0.2, 0) is 25.0 Å². The van der Waals surface area contributed by atoms with E-state index in [0.717, 1.165) is 18.2 Å². The quantitative estimate of drug-likeness (QED) is 0.243. The number of methoxy groups -OCH3 is 1. The summed E-state index contributed by atoms with van der Waals surface area (Å²) in [6, 6.07) is 5.86. The number of hydrogen-bond acceptors (Lipinski definition) is 10. The van der Waals surface area contributed by atoms with E-state index in [9.17, 15) is 30.7 Å². The number of nitrogens with one attached hydrogen (secondary N) is 1. The third-order valence-electron chi connectivity index (χ3n) is 4.27. The largest absolute Gasteiger partial charge is 1.00 e. The summed E-state index contributed by atoms with van der Waals surface area (Å²) in [5.74, 6) is -0.478. The first-order chi connectivity index (χ1) is 13.9. The molecule has 0 aliphatic heterocycles. The fourth-order valence-electron chi connectivity index (χ4n) is 2.85. The molecule has 0 fully saturated rings. The predicted octanol–water partition coefficient (Wildman–Crippen LogP) is -4.77. The van der Waals surface area contributed by atoms with Crippen molar-refractivity contribution in [3.8, 4) is 5.75 Å². The number of fused-ring (bicyclic) bond motifs is 1. The normalized spacial score (nSPS) is 14.2. The Bertz CT molecular complexity index is 1340. The summed E-state index contributed by atoms with van der Waals surface area (Å²) in [4.78, 5) is 11.4. The summed E-state index contributed by atoms with van der Waals surface area (Å²) in [7, 11) is -8.12. The van der Waals surface area contributed by atoms with Gasteiger partial charge in [0.25, 0.3) is 0 Å². The van der Waals surface area contributed by atoms with Crippen molar-refractivity contribution in [1.82, 2.24) is 0 Å². The molecule has 10 nitrogen and oxygen atoms in total. The zero-order valence-electron chi connectivity index (χ0n) is 17.6. The number of anilines is 1. The summed E-state index contributed by atoms with van der Waals surface area (Å²) >= 11 is 0. The Balaban J connectivity index is 0.00000256. The first-order valence-corrected chi connectivity index (χ1v) is 11.0. The average Bonchev–Trinajstić information content (AvgIpc) is 2.65. The van der Waals surface area contributed by atoms with Gasteiger partial charge in [0.1, 0.15) is 31.7 Å². The summed E-state index contributed by atoms with van der Waals surface area (Å²) in [5.41, 5.74) is 3.47. The van der Waals surface area contributed by atoms with Gasteiger partial charge >= 0.3 is 59.1 Å². The van der Waals surface area contributed by atoms with E-state index in [1.54, 1.807) is 0 Å². The molecule has 0 aromatic heterocycles. The SMILES string of the molecule is COc1cc(S(=O)(=O)[O-])c(C)cc1N/N=C1/C(=O)C=Cc2cc(S(=O)(=O)[O-])ccc21.[Na+].[Na+]. The Morgan fingerprint density at radius 3 is 2.19 bits per heavy atom. The molecule has 0 spiro atoms. The van der Waals surface area contributed by atoms with Crippen molar-refractivity contribution >= 4 is 43.5 Å². The molecule has 158 valence electrons. The summed E-state index contributed by atoms with van der Waals surface area (Å²) < 4.78 is 72.7. The molecule has 0 radical (unpaired) electrons. The zero-order valence-corrected chi connectivity index (χ0v) is 23.2. The molecule has 0 saturated heterocycles. The third-order valence-corrected chi connectivity index (χ3v) is 6.08. The van der Waals surface area contributed by atoms with E-state index in [1.807, 2.05) is 0 Å². The smallest absolute Gasteiger partial charge is 0.744 e. The maximum Gasteiger partial charge on any atom is 1.00 e. The third kappa shape index (κ3) is 6.29. The summed E-state index contributed by atoms with van der Waals surface area (Å²) in [6.45, 7) is 1.41. The molecule has 0 bridgehead atoms. The Morgan fingerprint density at radius 1 is 0.969 bits per heavy atom. The van der Waals surface area contributed by atoms with Gasteiger partial charge in [-0.15, -0.1) is 0 Å². The van der Waals surface area contributed by atoms with E-state index in [4.69, 9.17) is 4.74 Å². The van der Waals surface area contributed by atoms with Crippen LogP contribution in [0.3, 0.4) is 0 Å². The van der Waals surface area contributed by atoms with Gasteiger partial charge in [-0.1, -0.05) is 12.1 Å². The molecule has 0 heterocycles.